The minimum absolute atomic E-state index is 0.128. The van der Waals surface area contributed by atoms with Gasteiger partial charge in [0.1, 0.15) is 0 Å². The number of hydrogen-bond acceptors (Lipinski definition) is 1. The van der Waals surface area contributed by atoms with Crippen molar-refractivity contribution in [3.05, 3.63) is 57.9 Å². The van der Waals surface area contributed by atoms with Crippen LogP contribution in [-0.4, -0.2) is 0 Å². The number of rotatable bonds is 1. The molecule has 4 rings (SSSR count). The molecule has 0 amide bonds. The molecule has 0 aromatic heterocycles. The summed E-state index contributed by atoms with van der Waals surface area (Å²) in [7, 11) is 0. The predicted molar refractivity (Wildman–Crippen MR) is 97.7 cm³/mol. The number of nitrogens with two attached hydrogens (primary N) is 1. The van der Waals surface area contributed by atoms with Gasteiger partial charge in [0.2, 0.25) is 0 Å². The standard InChI is InChI=1S/C22H29N/c1-14-9-11-18-17(13-14)16-10-12-19(23)20(21(16)22(18,2)3)15-7-5-4-6-8-15/h4-5,9,11,14-15H,6-8,10,12-13,23H2,1-3H3. The van der Waals surface area contributed by atoms with Gasteiger partial charge < -0.3 is 5.73 Å². The fourth-order valence-electron chi connectivity index (χ4n) is 5.25. The Morgan fingerprint density at radius 1 is 1.13 bits per heavy atom. The molecule has 122 valence electrons. The Labute approximate surface area is 140 Å². The SMILES string of the molecule is CC1C=CC2=C(C1)C1=C(C(C3CC=CCC3)=C(N)CC1)C2(C)C. The van der Waals surface area contributed by atoms with E-state index in [-0.39, 0.29) is 5.41 Å². The number of hydrogen-bond donors (Lipinski definition) is 1. The molecule has 23 heavy (non-hydrogen) atoms. The van der Waals surface area contributed by atoms with E-state index in [1.54, 1.807) is 22.3 Å². The summed E-state index contributed by atoms with van der Waals surface area (Å²) >= 11 is 0. The van der Waals surface area contributed by atoms with Crippen molar-refractivity contribution in [3.8, 4) is 0 Å². The first kappa shape index (κ1) is 15.1. The Morgan fingerprint density at radius 2 is 1.96 bits per heavy atom. The summed E-state index contributed by atoms with van der Waals surface area (Å²) in [6.07, 6.45) is 16.6. The van der Waals surface area contributed by atoms with Gasteiger partial charge >= 0.3 is 0 Å². The van der Waals surface area contributed by atoms with E-state index in [0.717, 1.165) is 12.8 Å². The second-order valence-electron chi connectivity index (χ2n) is 8.33. The van der Waals surface area contributed by atoms with Gasteiger partial charge in [0.05, 0.1) is 0 Å². The fourth-order valence-corrected chi connectivity index (χ4v) is 5.25. The molecule has 2 N–H and O–H groups in total. The zero-order chi connectivity index (χ0) is 16.2. The molecule has 0 bridgehead atoms. The van der Waals surface area contributed by atoms with Crippen molar-refractivity contribution in [2.45, 2.75) is 59.3 Å². The van der Waals surface area contributed by atoms with Gasteiger partial charge in [0.15, 0.2) is 0 Å². The lowest BCUT2D eigenvalue weighted by molar-refractivity contribution is 0.492. The summed E-state index contributed by atoms with van der Waals surface area (Å²) in [4.78, 5) is 0. The van der Waals surface area contributed by atoms with Crippen LogP contribution in [0.5, 0.6) is 0 Å². The maximum Gasteiger partial charge on any atom is 0.0155 e. The molecule has 0 spiro atoms. The van der Waals surface area contributed by atoms with Crippen LogP contribution in [0.4, 0.5) is 0 Å². The molecule has 0 aromatic carbocycles. The maximum absolute atomic E-state index is 6.59. The van der Waals surface area contributed by atoms with Crippen LogP contribution in [0, 0.1) is 17.3 Å². The van der Waals surface area contributed by atoms with Crippen molar-refractivity contribution >= 4 is 0 Å². The molecule has 2 atom stereocenters. The van der Waals surface area contributed by atoms with Gasteiger partial charge in [0, 0.05) is 11.1 Å². The molecule has 4 aliphatic carbocycles. The quantitative estimate of drug-likeness (QED) is 0.629. The Bertz CT molecular complexity index is 693. The van der Waals surface area contributed by atoms with Crippen LogP contribution >= 0.6 is 0 Å². The molecule has 0 fully saturated rings. The summed E-state index contributed by atoms with van der Waals surface area (Å²) in [5, 5.41) is 0. The highest BCUT2D eigenvalue weighted by Crippen LogP contribution is 2.58. The summed E-state index contributed by atoms with van der Waals surface area (Å²) in [6.45, 7) is 7.18. The van der Waals surface area contributed by atoms with Crippen LogP contribution in [0.2, 0.25) is 0 Å². The van der Waals surface area contributed by atoms with Crippen LogP contribution in [-0.2, 0) is 0 Å². The molecule has 0 aliphatic heterocycles. The maximum atomic E-state index is 6.59. The largest absolute Gasteiger partial charge is 0.402 e. The van der Waals surface area contributed by atoms with Gasteiger partial charge in [-0.3, -0.25) is 0 Å². The molecule has 4 aliphatic rings. The third-order valence-corrected chi connectivity index (χ3v) is 6.34. The Morgan fingerprint density at radius 3 is 2.70 bits per heavy atom. The van der Waals surface area contributed by atoms with Gasteiger partial charge in [0.25, 0.3) is 0 Å². The molecule has 0 heterocycles. The Balaban J connectivity index is 1.83. The highest BCUT2D eigenvalue weighted by atomic mass is 14.6. The van der Waals surface area contributed by atoms with Gasteiger partial charge in [-0.05, 0) is 78.2 Å². The molecule has 1 heteroatoms. The Hall–Kier alpha value is -1.50. The van der Waals surface area contributed by atoms with E-state index in [9.17, 15) is 0 Å². The summed E-state index contributed by atoms with van der Waals surface area (Å²) in [5.74, 6) is 1.30. The summed E-state index contributed by atoms with van der Waals surface area (Å²) in [6, 6.07) is 0. The lowest BCUT2D eigenvalue weighted by Gasteiger charge is -2.35. The second-order valence-corrected chi connectivity index (χ2v) is 8.33. The number of allylic oxidation sites excluding steroid dienone is 10. The van der Waals surface area contributed by atoms with Crippen molar-refractivity contribution in [2.24, 2.45) is 23.0 Å². The summed E-state index contributed by atoms with van der Waals surface area (Å²) in [5.41, 5.74) is 15.9. The van der Waals surface area contributed by atoms with Gasteiger partial charge in [-0.25, -0.2) is 0 Å². The van der Waals surface area contributed by atoms with Gasteiger partial charge in [-0.15, -0.1) is 0 Å². The van der Waals surface area contributed by atoms with Crippen LogP contribution in [0.1, 0.15) is 59.3 Å². The number of fused-ring (bicyclic) bond motifs is 1. The van der Waals surface area contributed by atoms with E-state index in [1.807, 2.05) is 0 Å². The van der Waals surface area contributed by atoms with Crippen molar-refractivity contribution in [2.75, 3.05) is 0 Å². The van der Waals surface area contributed by atoms with Crippen molar-refractivity contribution in [1.29, 1.82) is 0 Å². The molecule has 1 nitrogen and oxygen atoms in total. The van der Waals surface area contributed by atoms with Crippen LogP contribution < -0.4 is 5.73 Å². The molecular weight excluding hydrogens is 278 g/mol. The second kappa shape index (κ2) is 5.26. The fraction of sp³-hybridized carbons (Fsp3) is 0.545. The molecule has 2 unspecified atom stereocenters. The van der Waals surface area contributed by atoms with E-state index in [2.05, 4.69) is 45.1 Å². The first-order valence-corrected chi connectivity index (χ1v) is 9.30. The topological polar surface area (TPSA) is 26.0 Å². The highest BCUT2D eigenvalue weighted by Gasteiger charge is 2.44. The minimum atomic E-state index is 0.128. The van der Waals surface area contributed by atoms with Crippen molar-refractivity contribution in [3.63, 3.8) is 0 Å². The predicted octanol–water partition coefficient (Wildman–Crippen LogP) is 5.58. The molecule has 0 saturated carbocycles. The average molecular weight is 307 g/mol. The van der Waals surface area contributed by atoms with E-state index in [0.29, 0.717) is 11.8 Å². The van der Waals surface area contributed by atoms with Gasteiger partial charge in [-0.1, -0.05) is 45.1 Å². The molecule has 0 radical (unpaired) electrons. The zero-order valence-electron chi connectivity index (χ0n) is 14.8. The minimum Gasteiger partial charge on any atom is -0.402 e. The zero-order valence-corrected chi connectivity index (χ0v) is 14.8. The normalized spacial score (nSPS) is 32.5. The van der Waals surface area contributed by atoms with Crippen LogP contribution in [0.3, 0.4) is 0 Å². The summed E-state index contributed by atoms with van der Waals surface area (Å²) < 4.78 is 0. The van der Waals surface area contributed by atoms with Crippen molar-refractivity contribution < 1.29 is 0 Å². The Kier molecular flexibility index (Phi) is 3.44. The lowest BCUT2D eigenvalue weighted by Crippen LogP contribution is -2.25. The van der Waals surface area contributed by atoms with E-state index in [1.165, 1.54) is 37.0 Å². The van der Waals surface area contributed by atoms with E-state index < -0.39 is 0 Å². The molecule has 0 saturated heterocycles. The monoisotopic (exact) mass is 307 g/mol. The van der Waals surface area contributed by atoms with Crippen molar-refractivity contribution in [1.82, 2.24) is 0 Å². The van der Waals surface area contributed by atoms with E-state index >= 15 is 0 Å². The smallest absolute Gasteiger partial charge is 0.0155 e. The average Bonchev–Trinajstić information content (AvgIpc) is 2.76. The third kappa shape index (κ3) is 2.20. The van der Waals surface area contributed by atoms with E-state index in [4.69, 9.17) is 5.73 Å². The molecule has 0 aromatic rings. The first-order valence-electron chi connectivity index (χ1n) is 9.30. The highest BCUT2D eigenvalue weighted by molar-refractivity contribution is 5.66. The molecular formula is C22H29N. The van der Waals surface area contributed by atoms with Crippen LogP contribution in [0.15, 0.2) is 57.9 Å². The first-order chi connectivity index (χ1) is 11.0. The third-order valence-electron chi connectivity index (χ3n) is 6.34. The van der Waals surface area contributed by atoms with Crippen LogP contribution in [0.25, 0.3) is 0 Å². The lowest BCUT2D eigenvalue weighted by atomic mass is 9.69. The van der Waals surface area contributed by atoms with Gasteiger partial charge in [-0.2, -0.15) is 0 Å².